The molecular weight excluding hydrogens is 362 g/mol. The standard InChI is InChI=1S/C23H21N5O/c1-14-4-3-5-16(10-14)21-19-12-26-28(22(19)25-13-24-21)20-11-17(7-6-15(20)2)23(29)27-18-8-9-18/h3-7,10-13,18H,8-9H2,1-2H3,(H,27,29). The van der Waals surface area contributed by atoms with Gasteiger partial charge in [0.15, 0.2) is 5.65 Å². The molecule has 2 aromatic heterocycles. The number of hydrogen-bond donors (Lipinski definition) is 1. The number of benzene rings is 2. The van der Waals surface area contributed by atoms with E-state index < -0.39 is 0 Å². The molecule has 4 aromatic rings. The topological polar surface area (TPSA) is 72.7 Å². The lowest BCUT2D eigenvalue weighted by atomic mass is 10.1. The van der Waals surface area contributed by atoms with Gasteiger partial charge < -0.3 is 5.32 Å². The van der Waals surface area contributed by atoms with Crippen molar-refractivity contribution in [1.82, 2.24) is 25.1 Å². The van der Waals surface area contributed by atoms with Crippen molar-refractivity contribution in [3.63, 3.8) is 0 Å². The molecule has 1 aliphatic rings. The van der Waals surface area contributed by atoms with E-state index in [-0.39, 0.29) is 5.91 Å². The maximum Gasteiger partial charge on any atom is 0.251 e. The highest BCUT2D eigenvalue weighted by atomic mass is 16.1. The fourth-order valence-corrected chi connectivity index (χ4v) is 3.52. The van der Waals surface area contributed by atoms with Crippen LogP contribution < -0.4 is 5.32 Å². The second-order valence-electron chi connectivity index (χ2n) is 7.63. The summed E-state index contributed by atoms with van der Waals surface area (Å²) >= 11 is 0. The number of amides is 1. The van der Waals surface area contributed by atoms with Gasteiger partial charge >= 0.3 is 0 Å². The quantitative estimate of drug-likeness (QED) is 0.578. The highest BCUT2D eigenvalue weighted by Crippen LogP contribution is 2.28. The van der Waals surface area contributed by atoms with Crippen molar-refractivity contribution in [2.24, 2.45) is 0 Å². The van der Waals surface area contributed by atoms with E-state index in [1.807, 2.05) is 37.3 Å². The number of aromatic nitrogens is 4. The van der Waals surface area contributed by atoms with Crippen molar-refractivity contribution in [1.29, 1.82) is 0 Å². The Morgan fingerprint density at radius 3 is 2.76 bits per heavy atom. The van der Waals surface area contributed by atoms with Gasteiger partial charge in [0, 0.05) is 17.2 Å². The molecule has 1 N–H and O–H groups in total. The Bertz CT molecular complexity index is 1240. The lowest BCUT2D eigenvalue weighted by Crippen LogP contribution is -2.25. The smallest absolute Gasteiger partial charge is 0.251 e. The van der Waals surface area contributed by atoms with Gasteiger partial charge in [-0.3, -0.25) is 4.79 Å². The zero-order chi connectivity index (χ0) is 20.0. The van der Waals surface area contributed by atoms with Crippen LogP contribution in [0.4, 0.5) is 0 Å². The van der Waals surface area contributed by atoms with Crippen LogP contribution in [0.5, 0.6) is 0 Å². The van der Waals surface area contributed by atoms with Crippen LogP contribution in [0.3, 0.4) is 0 Å². The Hall–Kier alpha value is -3.54. The first kappa shape index (κ1) is 17.6. The molecule has 5 rings (SSSR count). The van der Waals surface area contributed by atoms with Crippen molar-refractivity contribution in [3.05, 3.63) is 71.7 Å². The molecule has 1 saturated carbocycles. The molecule has 0 saturated heterocycles. The minimum Gasteiger partial charge on any atom is -0.349 e. The molecular formula is C23H21N5O. The van der Waals surface area contributed by atoms with E-state index in [1.54, 1.807) is 17.2 Å². The fraction of sp³-hybridized carbons (Fsp3) is 0.217. The summed E-state index contributed by atoms with van der Waals surface area (Å²) in [5.41, 5.74) is 6.28. The van der Waals surface area contributed by atoms with Gasteiger partial charge in [-0.15, -0.1) is 0 Å². The normalized spacial score (nSPS) is 13.6. The first-order valence-electron chi connectivity index (χ1n) is 9.78. The molecule has 1 aliphatic carbocycles. The predicted octanol–water partition coefficient (Wildman–Crippen LogP) is 3.99. The highest BCUT2D eigenvalue weighted by Gasteiger charge is 2.24. The van der Waals surface area contributed by atoms with E-state index in [2.05, 4.69) is 39.4 Å². The summed E-state index contributed by atoms with van der Waals surface area (Å²) in [5, 5.41) is 8.51. The van der Waals surface area contributed by atoms with Gasteiger partial charge in [0.2, 0.25) is 0 Å². The molecule has 0 aliphatic heterocycles. The lowest BCUT2D eigenvalue weighted by molar-refractivity contribution is 0.0951. The van der Waals surface area contributed by atoms with Crippen LogP contribution >= 0.6 is 0 Å². The second-order valence-corrected chi connectivity index (χ2v) is 7.63. The monoisotopic (exact) mass is 383 g/mol. The third-order valence-electron chi connectivity index (χ3n) is 5.27. The maximum absolute atomic E-state index is 12.5. The van der Waals surface area contributed by atoms with E-state index >= 15 is 0 Å². The number of hydrogen-bond acceptors (Lipinski definition) is 4. The average Bonchev–Trinajstić information content (AvgIpc) is 3.43. The van der Waals surface area contributed by atoms with Crippen LogP contribution in [0.15, 0.2) is 55.0 Å². The van der Waals surface area contributed by atoms with Gasteiger partial charge in [-0.2, -0.15) is 5.10 Å². The van der Waals surface area contributed by atoms with E-state index in [1.165, 1.54) is 5.56 Å². The van der Waals surface area contributed by atoms with Crippen molar-refractivity contribution in [3.8, 4) is 16.9 Å². The average molecular weight is 383 g/mol. The minimum absolute atomic E-state index is 0.0414. The van der Waals surface area contributed by atoms with Crippen molar-refractivity contribution < 1.29 is 4.79 Å². The SMILES string of the molecule is Cc1cccc(-c2ncnc3c2cnn3-c2cc(C(=O)NC3CC3)ccc2C)c1. The minimum atomic E-state index is -0.0414. The molecule has 2 heterocycles. The zero-order valence-corrected chi connectivity index (χ0v) is 16.4. The van der Waals surface area contributed by atoms with Crippen LogP contribution in [0, 0.1) is 13.8 Å². The second kappa shape index (κ2) is 6.81. The number of nitrogens with zero attached hydrogens (tertiary/aromatic N) is 4. The van der Waals surface area contributed by atoms with E-state index in [9.17, 15) is 4.79 Å². The van der Waals surface area contributed by atoms with Crippen LogP contribution in [-0.2, 0) is 0 Å². The first-order chi connectivity index (χ1) is 14.1. The third-order valence-corrected chi connectivity index (χ3v) is 5.27. The summed E-state index contributed by atoms with van der Waals surface area (Å²) in [4.78, 5) is 21.5. The summed E-state index contributed by atoms with van der Waals surface area (Å²) in [5.74, 6) is -0.0414. The number of carbonyl (C=O) groups is 1. The summed E-state index contributed by atoms with van der Waals surface area (Å²) in [7, 11) is 0. The molecule has 29 heavy (non-hydrogen) atoms. The summed E-state index contributed by atoms with van der Waals surface area (Å²) in [6.07, 6.45) is 5.49. The Balaban J connectivity index is 1.61. The molecule has 0 unspecified atom stereocenters. The van der Waals surface area contributed by atoms with Crippen molar-refractivity contribution >= 4 is 16.9 Å². The Morgan fingerprint density at radius 1 is 1.10 bits per heavy atom. The van der Waals surface area contributed by atoms with Crippen LogP contribution in [0.1, 0.15) is 34.3 Å². The molecule has 2 aromatic carbocycles. The summed E-state index contributed by atoms with van der Waals surface area (Å²) < 4.78 is 1.79. The van der Waals surface area contributed by atoms with Crippen molar-refractivity contribution in [2.75, 3.05) is 0 Å². The maximum atomic E-state index is 12.5. The van der Waals surface area contributed by atoms with Crippen molar-refractivity contribution in [2.45, 2.75) is 32.7 Å². The molecule has 0 spiro atoms. The molecule has 144 valence electrons. The third kappa shape index (κ3) is 3.27. The summed E-state index contributed by atoms with van der Waals surface area (Å²) in [6, 6.07) is 14.2. The molecule has 0 radical (unpaired) electrons. The van der Waals surface area contributed by atoms with Gasteiger partial charge in [-0.05, 0) is 50.5 Å². The number of nitrogens with one attached hydrogen (secondary N) is 1. The van der Waals surface area contributed by atoms with Gasteiger partial charge in [-0.1, -0.05) is 29.8 Å². The van der Waals surface area contributed by atoms with E-state index in [4.69, 9.17) is 0 Å². The van der Waals surface area contributed by atoms with Crippen LogP contribution in [0.25, 0.3) is 28.0 Å². The highest BCUT2D eigenvalue weighted by molar-refractivity contribution is 5.96. The zero-order valence-electron chi connectivity index (χ0n) is 16.4. The van der Waals surface area contributed by atoms with Gasteiger partial charge in [0.1, 0.15) is 6.33 Å². The van der Waals surface area contributed by atoms with Crippen LogP contribution in [-0.4, -0.2) is 31.7 Å². The molecule has 6 nitrogen and oxygen atoms in total. The Labute approximate surface area is 168 Å². The van der Waals surface area contributed by atoms with Gasteiger partial charge in [-0.25, -0.2) is 14.6 Å². The Morgan fingerprint density at radius 2 is 1.97 bits per heavy atom. The summed E-state index contributed by atoms with van der Waals surface area (Å²) in [6.45, 7) is 4.07. The molecule has 1 fully saturated rings. The Kier molecular flexibility index (Phi) is 4.12. The predicted molar refractivity (Wildman–Crippen MR) is 112 cm³/mol. The number of carbonyl (C=O) groups excluding carboxylic acids is 1. The van der Waals surface area contributed by atoms with E-state index in [0.29, 0.717) is 11.6 Å². The van der Waals surface area contributed by atoms with Gasteiger partial charge in [0.25, 0.3) is 5.91 Å². The molecule has 0 bridgehead atoms. The van der Waals surface area contributed by atoms with E-state index in [0.717, 1.165) is 46.4 Å². The lowest BCUT2D eigenvalue weighted by Gasteiger charge is -2.10. The fourth-order valence-electron chi connectivity index (χ4n) is 3.52. The van der Waals surface area contributed by atoms with Gasteiger partial charge in [0.05, 0.1) is 23.0 Å². The number of aryl methyl sites for hydroxylation is 2. The number of fused-ring (bicyclic) bond motifs is 1. The molecule has 1 amide bonds. The van der Waals surface area contributed by atoms with Crippen LogP contribution in [0.2, 0.25) is 0 Å². The first-order valence-corrected chi connectivity index (χ1v) is 9.78. The largest absolute Gasteiger partial charge is 0.349 e. The molecule has 6 heteroatoms. The molecule has 0 atom stereocenters. The number of rotatable bonds is 4.